The molecule has 0 radical (unpaired) electrons. The molecular weight excluding hydrogens is 526 g/mol. The van der Waals surface area contributed by atoms with Crippen molar-refractivity contribution in [1.29, 1.82) is 0 Å². The van der Waals surface area contributed by atoms with Crippen LogP contribution in [0.1, 0.15) is 5.56 Å². The van der Waals surface area contributed by atoms with Gasteiger partial charge in [0, 0.05) is 16.0 Å². The van der Waals surface area contributed by atoms with Gasteiger partial charge in [0.2, 0.25) is 0 Å². The number of ether oxygens (including phenoxy) is 1. The summed E-state index contributed by atoms with van der Waals surface area (Å²) in [5.74, 6) is -0.709. The molecule has 0 fully saturated rings. The first kappa shape index (κ1) is 25.3. The number of methoxy groups -OCH3 is 1. The highest BCUT2D eigenvalue weighted by molar-refractivity contribution is 8.03. The highest BCUT2D eigenvalue weighted by Crippen LogP contribution is 2.37. The summed E-state index contributed by atoms with van der Waals surface area (Å²) in [5.41, 5.74) is 0.646. The van der Waals surface area contributed by atoms with E-state index in [1.807, 2.05) is 30.3 Å². The lowest BCUT2D eigenvalue weighted by Gasteiger charge is -2.05. The van der Waals surface area contributed by atoms with Crippen LogP contribution < -0.4 is 4.74 Å². The van der Waals surface area contributed by atoms with Crippen LogP contribution in [0.5, 0.6) is 5.75 Å². The lowest BCUT2D eigenvalue weighted by molar-refractivity contribution is -0.387. The van der Waals surface area contributed by atoms with Crippen molar-refractivity contribution < 1.29 is 24.0 Å². The Bertz CT molecular complexity index is 1460. The van der Waals surface area contributed by atoms with Crippen molar-refractivity contribution in [1.82, 2.24) is 10.2 Å². The molecule has 4 rings (SSSR count). The lowest BCUT2D eigenvalue weighted by Crippen LogP contribution is -1.97. The van der Waals surface area contributed by atoms with Crippen LogP contribution in [0.2, 0.25) is 5.02 Å². The number of halogens is 1. The van der Waals surface area contributed by atoms with Crippen LogP contribution in [0.3, 0.4) is 0 Å². The van der Waals surface area contributed by atoms with Gasteiger partial charge in [0.25, 0.3) is 16.8 Å². The summed E-state index contributed by atoms with van der Waals surface area (Å²) in [6, 6.07) is 18.6. The summed E-state index contributed by atoms with van der Waals surface area (Å²) in [4.78, 5) is 24.2. The molecule has 0 spiro atoms. The van der Waals surface area contributed by atoms with Crippen LogP contribution in [0.4, 0.5) is 5.69 Å². The maximum Gasteiger partial charge on any atom is 0.342 e. The second-order valence-electron chi connectivity index (χ2n) is 7.03. The Morgan fingerprint density at radius 1 is 1.14 bits per heavy atom. The van der Waals surface area contributed by atoms with Crippen LogP contribution in [0.15, 0.2) is 91.1 Å². The van der Waals surface area contributed by atoms with Crippen LogP contribution in [0, 0.1) is 10.1 Å². The van der Waals surface area contributed by atoms with Crippen LogP contribution in [0.25, 0.3) is 17.5 Å². The monoisotopic (exact) mass is 541 g/mol. The number of nitrogens with zero attached hydrogens (tertiary/aromatic N) is 3. The van der Waals surface area contributed by atoms with Gasteiger partial charge in [0.05, 0.1) is 22.5 Å². The van der Waals surface area contributed by atoms with Crippen molar-refractivity contribution in [3.63, 3.8) is 0 Å². The second-order valence-corrected chi connectivity index (χ2v) is 9.58. The first-order valence-electron chi connectivity index (χ1n) is 10.2. The van der Waals surface area contributed by atoms with Crippen molar-refractivity contribution in [2.45, 2.75) is 15.0 Å². The number of benzene rings is 3. The SMILES string of the molecule is COc1ccc(Cl)cc1-c1nnc(S/C(=C/c2ccc(Sc3ccccc3)c([N+](=O)[O-])c2)C(=O)O)o1. The van der Waals surface area contributed by atoms with Gasteiger partial charge in [-0.3, -0.25) is 10.1 Å². The summed E-state index contributed by atoms with van der Waals surface area (Å²) in [6.45, 7) is 0. The number of hydrogen-bond acceptors (Lipinski definition) is 9. The zero-order valence-corrected chi connectivity index (χ0v) is 20.8. The van der Waals surface area contributed by atoms with Gasteiger partial charge in [0.15, 0.2) is 0 Å². The molecule has 0 aliphatic carbocycles. The third-order valence-electron chi connectivity index (χ3n) is 4.65. The Kier molecular flexibility index (Phi) is 7.93. The average Bonchev–Trinajstić information content (AvgIpc) is 3.33. The minimum absolute atomic E-state index is 0.0357. The van der Waals surface area contributed by atoms with Gasteiger partial charge in [-0.15, -0.1) is 10.2 Å². The molecule has 9 nitrogen and oxygen atoms in total. The minimum Gasteiger partial charge on any atom is -0.496 e. The van der Waals surface area contributed by atoms with Gasteiger partial charge >= 0.3 is 5.97 Å². The molecule has 0 bridgehead atoms. The van der Waals surface area contributed by atoms with E-state index in [4.69, 9.17) is 20.8 Å². The first-order chi connectivity index (χ1) is 17.3. The number of carboxylic acids is 1. The molecule has 4 aromatic rings. The molecule has 3 aromatic carbocycles. The number of nitro benzene ring substituents is 1. The number of aliphatic carboxylic acids is 1. The Labute approximate surface area is 218 Å². The van der Waals surface area contributed by atoms with Crippen molar-refractivity contribution in [3.8, 4) is 17.2 Å². The van der Waals surface area contributed by atoms with E-state index in [0.717, 1.165) is 16.7 Å². The highest BCUT2D eigenvalue weighted by atomic mass is 35.5. The van der Waals surface area contributed by atoms with Crippen molar-refractivity contribution >= 4 is 52.9 Å². The lowest BCUT2D eigenvalue weighted by atomic mass is 10.2. The first-order valence-corrected chi connectivity index (χ1v) is 12.2. The Morgan fingerprint density at radius 3 is 2.61 bits per heavy atom. The zero-order chi connectivity index (χ0) is 25.7. The highest BCUT2D eigenvalue weighted by Gasteiger charge is 2.20. The van der Waals surface area contributed by atoms with E-state index in [9.17, 15) is 20.0 Å². The van der Waals surface area contributed by atoms with Gasteiger partial charge in [-0.2, -0.15) is 0 Å². The smallest absolute Gasteiger partial charge is 0.342 e. The molecule has 0 aliphatic heterocycles. The van der Waals surface area contributed by atoms with E-state index in [2.05, 4.69) is 10.2 Å². The predicted octanol–water partition coefficient (Wildman–Crippen LogP) is 6.68. The van der Waals surface area contributed by atoms with E-state index in [1.165, 1.54) is 31.0 Å². The second kappa shape index (κ2) is 11.3. The minimum atomic E-state index is -1.26. The Morgan fingerprint density at radius 2 is 1.92 bits per heavy atom. The number of rotatable bonds is 9. The van der Waals surface area contributed by atoms with Gasteiger partial charge in [0.1, 0.15) is 10.7 Å². The average molecular weight is 542 g/mol. The number of carboxylic acid groups (broad SMARTS) is 1. The molecule has 36 heavy (non-hydrogen) atoms. The summed E-state index contributed by atoms with van der Waals surface area (Å²) in [6.07, 6.45) is 1.31. The molecule has 0 saturated heterocycles. The Balaban J connectivity index is 1.61. The summed E-state index contributed by atoms with van der Waals surface area (Å²) >= 11 is 8.02. The number of carbonyl (C=O) groups is 1. The fraction of sp³-hybridized carbons (Fsp3) is 0.0417. The topological polar surface area (TPSA) is 129 Å². The van der Waals surface area contributed by atoms with Crippen molar-refractivity contribution in [2.75, 3.05) is 7.11 Å². The van der Waals surface area contributed by atoms with Crippen LogP contribution in [-0.4, -0.2) is 33.3 Å². The van der Waals surface area contributed by atoms with Gasteiger partial charge < -0.3 is 14.3 Å². The fourth-order valence-electron chi connectivity index (χ4n) is 3.06. The molecule has 0 saturated carbocycles. The molecule has 0 aliphatic rings. The molecular formula is C24H16ClN3O6S2. The summed E-state index contributed by atoms with van der Waals surface area (Å²) in [7, 11) is 1.48. The number of hydrogen-bond donors (Lipinski definition) is 1. The standard InChI is InChI=1S/C24H16ClN3O6S2/c1-33-19-9-8-15(25)13-17(19)22-26-27-24(34-22)36-21(23(29)30)12-14-7-10-20(18(11-14)28(31)32)35-16-5-3-2-4-6-16/h2-13H,1H3,(H,29,30)/b21-12+. The number of thioether (sulfide) groups is 1. The zero-order valence-electron chi connectivity index (χ0n) is 18.5. The largest absolute Gasteiger partial charge is 0.496 e. The quantitative estimate of drug-likeness (QED) is 0.106. The van der Waals surface area contributed by atoms with E-state index in [1.54, 1.807) is 30.3 Å². The summed E-state index contributed by atoms with van der Waals surface area (Å²) < 4.78 is 10.9. The number of aromatic nitrogens is 2. The van der Waals surface area contributed by atoms with Gasteiger partial charge in [-0.25, -0.2) is 4.79 Å². The molecule has 1 aromatic heterocycles. The molecule has 0 unspecified atom stereocenters. The third-order valence-corrected chi connectivity index (χ3v) is 6.81. The predicted molar refractivity (Wildman–Crippen MR) is 136 cm³/mol. The summed E-state index contributed by atoms with van der Waals surface area (Å²) in [5, 5.41) is 29.6. The molecule has 1 heterocycles. The van der Waals surface area contributed by atoms with Gasteiger partial charge in [-0.05, 0) is 59.8 Å². The van der Waals surface area contributed by atoms with Crippen molar-refractivity contribution in [2.24, 2.45) is 0 Å². The number of nitro groups is 1. The van der Waals surface area contributed by atoms with Crippen molar-refractivity contribution in [3.05, 3.63) is 92.3 Å². The van der Waals surface area contributed by atoms with E-state index >= 15 is 0 Å². The molecule has 0 atom stereocenters. The molecule has 1 N–H and O–H groups in total. The fourth-order valence-corrected chi connectivity index (χ4v) is 4.82. The van der Waals surface area contributed by atoms with Crippen LogP contribution >= 0.6 is 35.1 Å². The molecule has 0 amide bonds. The maximum absolute atomic E-state index is 11.9. The molecule has 12 heteroatoms. The molecule has 182 valence electrons. The normalized spacial score (nSPS) is 11.3. The van der Waals surface area contributed by atoms with E-state index in [-0.39, 0.29) is 21.7 Å². The maximum atomic E-state index is 11.9. The Hall–Kier alpha value is -3.80. The van der Waals surface area contributed by atoms with E-state index < -0.39 is 10.9 Å². The van der Waals surface area contributed by atoms with E-state index in [0.29, 0.717) is 26.8 Å². The third kappa shape index (κ3) is 6.06. The van der Waals surface area contributed by atoms with Gasteiger partial charge in [-0.1, -0.05) is 47.6 Å². The van der Waals surface area contributed by atoms with Crippen LogP contribution in [-0.2, 0) is 4.79 Å².